The Morgan fingerprint density at radius 1 is 1.25 bits per heavy atom. The number of aromatic nitrogens is 2. The number of nitrogens with one attached hydrogen (secondary N) is 2. The van der Waals surface area contributed by atoms with Crippen molar-refractivity contribution in [1.29, 1.82) is 0 Å². The third kappa shape index (κ3) is 7.67. The van der Waals surface area contributed by atoms with Gasteiger partial charge in [-0.3, -0.25) is 9.67 Å². The first-order chi connectivity index (χ1) is 13.0. The van der Waals surface area contributed by atoms with Crippen LogP contribution in [0, 0.1) is 13.8 Å². The van der Waals surface area contributed by atoms with Crippen LogP contribution in [0.5, 0.6) is 5.75 Å². The molecule has 2 aromatic rings. The number of nitrogens with zero attached hydrogens (tertiary/aromatic N) is 3. The first-order valence-corrected chi connectivity index (χ1v) is 9.38. The van der Waals surface area contributed by atoms with Gasteiger partial charge in [0.15, 0.2) is 5.96 Å². The molecule has 0 aliphatic heterocycles. The highest BCUT2D eigenvalue weighted by Gasteiger charge is 2.08. The first kappa shape index (κ1) is 24.2. The highest BCUT2D eigenvalue weighted by atomic mass is 127. The van der Waals surface area contributed by atoms with Crippen LogP contribution in [0.2, 0.25) is 0 Å². The molecule has 2 rings (SSSR count). The average Bonchev–Trinajstić information content (AvgIpc) is 3.00. The number of benzene rings is 1. The molecule has 28 heavy (non-hydrogen) atoms. The molecule has 7 nitrogen and oxygen atoms in total. The fraction of sp³-hybridized carbons (Fsp3) is 0.500. The minimum absolute atomic E-state index is 0. The van der Waals surface area contributed by atoms with E-state index in [4.69, 9.17) is 4.74 Å². The number of aryl methyl sites for hydroxylation is 3. The zero-order valence-electron chi connectivity index (χ0n) is 17.1. The molecule has 1 unspecified atom stereocenters. The van der Waals surface area contributed by atoms with Gasteiger partial charge in [-0.1, -0.05) is 12.1 Å². The van der Waals surface area contributed by atoms with E-state index >= 15 is 0 Å². The Hall–Kier alpha value is -1.81. The molecule has 0 amide bonds. The summed E-state index contributed by atoms with van der Waals surface area (Å²) in [7, 11) is 1.62. The number of hydrogen-bond acceptors (Lipinski definition) is 4. The van der Waals surface area contributed by atoms with Crippen molar-refractivity contribution in [2.75, 3.05) is 26.7 Å². The van der Waals surface area contributed by atoms with Gasteiger partial charge in [0, 0.05) is 25.3 Å². The normalized spacial score (nSPS) is 12.2. The van der Waals surface area contributed by atoms with Crippen LogP contribution in [0.25, 0.3) is 0 Å². The van der Waals surface area contributed by atoms with Crippen molar-refractivity contribution >= 4 is 29.9 Å². The Kier molecular flexibility index (Phi) is 10.9. The molecule has 0 radical (unpaired) electrons. The quantitative estimate of drug-likeness (QED) is 0.213. The van der Waals surface area contributed by atoms with Gasteiger partial charge in [-0.25, -0.2) is 0 Å². The number of methoxy groups -OCH3 is 1. The van der Waals surface area contributed by atoms with Crippen LogP contribution in [0.4, 0.5) is 0 Å². The summed E-state index contributed by atoms with van der Waals surface area (Å²) in [5, 5.41) is 21.3. The number of aliphatic imine (C=N–C) groups is 1. The van der Waals surface area contributed by atoms with Crippen LogP contribution >= 0.6 is 24.0 Å². The molecular weight excluding hydrogens is 469 g/mol. The molecule has 0 aliphatic rings. The SMILES string of the molecule is CCNC(=NCC(O)c1ccc(OC)cc1)NCCCn1nc(C)cc1C.I. The smallest absolute Gasteiger partial charge is 0.191 e. The van der Waals surface area contributed by atoms with E-state index in [0.717, 1.165) is 43.1 Å². The number of halogens is 1. The van der Waals surface area contributed by atoms with Gasteiger partial charge in [-0.15, -0.1) is 24.0 Å². The van der Waals surface area contributed by atoms with E-state index in [1.165, 1.54) is 5.69 Å². The van der Waals surface area contributed by atoms with Crippen LogP contribution in [0.3, 0.4) is 0 Å². The highest BCUT2D eigenvalue weighted by Crippen LogP contribution is 2.17. The van der Waals surface area contributed by atoms with Crippen molar-refractivity contribution in [2.24, 2.45) is 4.99 Å². The molecule has 3 N–H and O–H groups in total. The number of rotatable bonds is 9. The van der Waals surface area contributed by atoms with E-state index in [0.29, 0.717) is 12.5 Å². The predicted molar refractivity (Wildman–Crippen MR) is 124 cm³/mol. The second-order valence-corrected chi connectivity index (χ2v) is 6.44. The van der Waals surface area contributed by atoms with Crippen molar-refractivity contribution in [1.82, 2.24) is 20.4 Å². The van der Waals surface area contributed by atoms with E-state index in [1.54, 1.807) is 7.11 Å². The van der Waals surface area contributed by atoms with Gasteiger partial charge in [-0.2, -0.15) is 5.10 Å². The molecule has 0 bridgehead atoms. The van der Waals surface area contributed by atoms with Crippen LogP contribution in [0.1, 0.15) is 36.4 Å². The van der Waals surface area contributed by atoms with Crippen molar-refractivity contribution < 1.29 is 9.84 Å². The first-order valence-electron chi connectivity index (χ1n) is 9.38. The fourth-order valence-corrected chi connectivity index (χ4v) is 2.79. The van der Waals surface area contributed by atoms with Gasteiger partial charge in [0.05, 0.1) is 25.5 Å². The minimum atomic E-state index is -0.652. The zero-order chi connectivity index (χ0) is 19.6. The molecule has 1 atom stereocenters. The maximum atomic E-state index is 10.3. The van der Waals surface area contributed by atoms with Crippen molar-refractivity contribution in [3.63, 3.8) is 0 Å². The Morgan fingerprint density at radius 3 is 2.54 bits per heavy atom. The second-order valence-electron chi connectivity index (χ2n) is 6.44. The number of aliphatic hydroxyl groups excluding tert-OH is 1. The van der Waals surface area contributed by atoms with E-state index in [2.05, 4.69) is 33.7 Å². The lowest BCUT2D eigenvalue weighted by molar-refractivity contribution is 0.187. The largest absolute Gasteiger partial charge is 0.497 e. The third-order valence-corrected chi connectivity index (χ3v) is 4.21. The van der Waals surface area contributed by atoms with Gasteiger partial charge < -0.3 is 20.5 Å². The molecule has 1 aromatic heterocycles. The maximum absolute atomic E-state index is 10.3. The van der Waals surface area contributed by atoms with Crippen LogP contribution in [-0.2, 0) is 6.54 Å². The maximum Gasteiger partial charge on any atom is 0.191 e. The van der Waals surface area contributed by atoms with Crippen molar-refractivity contribution in [3.8, 4) is 5.75 Å². The molecule has 0 aliphatic carbocycles. The minimum Gasteiger partial charge on any atom is -0.497 e. The van der Waals surface area contributed by atoms with Crippen molar-refractivity contribution in [3.05, 3.63) is 47.3 Å². The lowest BCUT2D eigenvalue weighted by Gasteiger charge is -2.14. The number of aliphatic hydroxyl groups is 1. The lowest BCUT2D eigenvalue weighted by Crippen LogP contribution is -2.38. The summed E-state index contributed by atoms with van der Waals surface area (Å²) in [6, 6.07) is 9.47. The number of ether oxygens (including phenoxy) is 1. The molecule has 8 heteroatoms. The van der Waals surface area contributed by atoms with Gasteiger partial charge in [-0.05, 0) is 51.0 Å². The average molecular weight is 501 g/mol. The van der Waals surface area contributed by atoms with Gasteiger partial charge in [0.2, 0.25) is 0 Å². The Bertz CT molecular complexity index is 731. The molecule has 1 heterocycles. The zero-order valence-corrected chi connectivity index (χ0v) is 19.4. The highest BCUT2D eigenvalue weighted by molar-refractivity contribution is 14.0. The summed E-state index contributed by atoms with van der Waals surface area (Å²) in [5.74, 6) is 1.48. The topological polar surface area (TPSA) is 83.7 Å². The number of hydrogen-bond donors (Lipinski definition) is 3. The van der Waals surface area contributed by atoms with Gasteiger partial charge >= 0.3 is 0 Å². The third-order valence-electron chi connectivity index (χ3n) is 4.21. The van der Waals surface area contributed by atoms with Gasteiger partial charge in [0.1, 0.15) is 5.75 Å². The molecule has 1 aromatic carbocycles. The molecule has 0 saturated carbocycles. The molecule has 0 fully saturated rings. The standard InChI is InChI=1S/C20H31N5O2.HI/c1-5-21-20(22-11-6-12-25-16(3)13-15(2)24-25)23-14-19(26)17-7-9-18(27-4)10-8-17;/h7-10,13,19,26H,5-6,11-12,14H2,1-4H3,(H2,21,22,23);1H. The molecule has 0 saturated heterocycles. The predicted octanol–water partition coefficient (Wildman–Crippen LogP) is 2.81. The molecule has 156 valence electrons. The van der Waals surface area contributed by atoms with Crippen LogP contribution < -0.4 is 15.4 Å². The summed E-state index contributed by atoms with van der Waals surface area (Å²) in [5.41, 5.74) is 3.04. The Balaban J connectivity index is 0.00000392. The van der Waals surface area contributed by atoms with E-state index in [1.807, 2.05) is 42.8 Å². The second kappa shape index (κ2) is 12.6. The van der Waals surface area contributed by atoms with Crippen molar-refractivity contribution in [2.45, 2.75) is 39.8 Å². The van der Waals surface area contributed by atoms with Gasteiger partial charge in [0.25, 0.3) is 0 Å². The fourth-order valence-electron chi connectivity index (χ4n) is 2.79. The van der Waals surface area contributed by atoms with E-state index in [9.17, 15) is 5.11 Å². The van der Waals surface area contributed by atoms with E-state index < -0.39 is 6.10 Å². The lowest BCUT2D eigenvalue weighted by atomic mass is 10.1. The van der Waals surface area contributed by atoms with Crippen LogP contribution in [0.15, 0.2) is 35.3 Å². The summed E-state index contributed by atoms with van der Waals surface area (Å²) in [4.78, 5) is 4.49. The molecular formula is C20H32IN5O2. The Labute approximate surface area is 184 Å². The monoisotopic (exact) mass is 501 g/mol. The number of guanidine groups is 1. The summed E-state index contributed by atoms with van der Waals surface area (Å²) in [6.07, 6.45) is 0.286. The summed E-state index contributed by atoms with van der Waals surface area (Å²) >= 11 is 0. The van der Waals surface area contributed by atoms with E-state index in [-0.39, 0.29) is 24.0 Å². The molecule has 0 spiro atoms. The summed E-state index contributed by atoms with van der Waals surface area (Å²) < 4.78 is 7.16. The Morgan fingerprint density at radius 2 is 1.96 bits per heavy atom. The summed E-state index contributed by atoms with van der Waals surface area (Å²) in [6.45, 7) is 8.79. The van der Waals surface area contributed by atoms with Crippen LogP contribution in [-0.4, -0.2) is 47.6 Å².